The number of aliphatic hydroxyl groups excluding tert-OH is 1. The summed E-state index contributed by atoms with van der Waals surface area (Å²) in [6, 6.07) is 0. The van der Waals surface area contributed by atoms with Crippen LogP contribution in [-0.4, -0.2) is 33.9 Å². The maximum Gasteiger partial charge on any atom is 0.336 e. The first-order valence-electron chi connectivity index (χ1n) is 6.75. The summed E-state index contributed by atoms with van der Waals surface area (Å²) in [6.07, 6.45) is 0.856. The van der Waals surface area contributed by atoms with Crippen LogP contribution < -0.4 is 0 Å². The van der Waals surface area contributed by atoms with Crippen molar-refractivity contribution < 1.29 is 24.5 Å². The van der Waals surface area contributed by atoms with E-state index in [9.17, 15) is 19.8 Å². The molecule has 1 unspecified atom stereocenters. The third kappa shape index (κ3) is 1.45. The van der Waals surface area contributed by atoms with E-state index >= 15 is 0 Å². The van der Waals surface area contributed by atoms with E-state index in [4.69, 9.17) is 4.74 Å². The van der Waals surface area contributed by atoms with E-state index in [2.05, 4.69) is 0 Å². The van der Waals surface area contributed by atoms with Crippen molar-refractivity contribution in [2.45, 2.75) is 45.5 Å². The largest absolute Gasteiger partial charge is 0.423 e. The van der Waals surface area contributed by atoms with Gasteiger partial charge in [-0.15, -0.1) is 0 Å². The normalized spacial score (nSPS) is 44.0. The number of ether oxygens (including phenoxy) is 1. The molecule has 1 heterocycles. The lowest BCUT2D eigenvalue weighted by Gasteiger charge is -2.52. The topological polar surface area (TPSA) is 83.8 Å². The highest BCUT2D eigenvalue weighted by atomic mass is 16.7. The summed E-state index contributed by atoms with van der Waals surface area (Å²) in [6.45, 7) is 5.22. The van der Waals surface area contributed by atoms with Gasteiger partial charge in [-0.3, -0.25) is 4.79 Å². The highest BCUT2D eigenvalue weighted by Gasteiger charge is 2.64. The molecule has 5 heteroatoms. The van der Waals surface area contributed by atoms with Crippen molar-refractivity contribution in [3.05, 3.63) is 22.8 Å². The van der Waals surface area contributed by atoms with E-state index in [1.165, 1.54) is 0 Å². The lowest BCUT2D eigenvalue weighted by Crippen LogP contribution is -2.61. The van der Waals surface area contributed by atoms with Gasteiger partial charge in [0.1, 0.15) is 6.10 Å². The van der Waals surface area contributed by atoms with Crippen LogP contribution in [-0.2, 0) is 14.3 Å². The van der Waals surface area contributed by atoms with E-state index in [-0.39, 0.29) is 18.1 Å². The molecule has 3 rings (SSSR count). The fourth-order valence-corrected chi connectivity index (χ4v) is 3.95. The van der Waals surface area contributed by atoms with Crippen LogP contribution in [0.15, 0.2) is 22.8 Å². The van der Waals surface area contributed by atoms with Gasteiger partial charge in [0.2, 0.25) is 0 Å². The van der Waals surface area contributed by atoms with E-state index in [0.29, 0.717) is 17.6 Å². The molecular formula is C15H18O5. The summed E-state index contributed by atoms with van der Waals surface area (Å²) < 4.78 is 5.02. The number of allylic oxidation sites excluding steroid dienone is 2. The Bertz CT molecular complexity index is 587. The number of aliphatic hydroxyl groups is 2. The molecule has 20 heavy (non-hydrogen) atoms. The maximum atomic E-state index is 11.8. The third-order valence-electron chi connectivity index (χ3n) is 5.13. The van der Waals surface area contributed by atoms with Gasteiger partial charge < -0.3 is 14.9 Å². The molecule has 1 fully saturated rings. The van der Waals surface area contributed by atoms with Crippen molar-refractivity contribution in [1.29, 1.82) is 0 Å². The van der Waals surface area contributed by atoms with Crippen LogP contribution in [0, 0.1) is 11.3 Å². The highest BCUT2D eigenvalue weighted by molar-refractivity contribution is 5.94. The number of rotatable bonds is 0. The van der Waals surface area contributed by atoms with E-state index in [1.807, 2.05) is 6.92 Å². The zero-order valence-electron chi connectivity index (χ0n) is 11.8. The molecular weight excluding hydrogens is 260 g/mol. The molecule has 4 atom stereocenters. The molecule has 1 saturated carbocycles. The average molecular weight is 278 g/mol. The van der Waals surface area contributed by atoms with Crippen LogP contribution in [0.4, 0.5) is 0 Å². The van der Waals surface area contributed by atoms with Crippen LogP contribution in [0.1, 0.15) is 33.6 Å². The fraction of sp³-hybridized carbons (Fsp3) is 0.600. The molecule has 3 aliphatic rings. The second-order valence-corrected chi connectivity index (χ2v) is 6.39. The van der Waals surface area contributed by atoms with Gasteiger partial charge in [-0.1, -0.05) is 12.5 Å². The second kappa shape index (κ2) is 3.80. The molecule has 2 N–H and O–H groups in total. The summed E-state index contributed by atoms with van der Waals surface area (Å²) in [4.78, 5) is 23.5. The number of carbonyl (C=O) groups excluding carboxylic acids is 2. The van der Waals surface area contributed by atoms with E-state index in [0.717, 1.165) is 5.57 Å². The molecule has 2 aliphatic carbocycles. The van der Waals surface area contributed by atoms with Gasteiger partial charge >= 0.3 is 5.97 Å². The zero-order valence-corrected chi connectivity index (χ0v) is 11.8. The van der Waals surface area contributed by atoms with Crippen molar-refractivity contribution in [2.24, 2.45) is 11.3 Å². The summed E-state index contributed by atoms with van der Waals surface area (Å²) in [7, 11) is 0. The van der Waals surface area contributed by atoms with Crippen molar-refractivity contribution in [1.82, 2.24) is 0 Å². The smallest absolute Gasteiger partial charge is 0.336 e. The second-order valence-electron chi connectivity index (χ2n) is 6.39. The summed E-state index contributed by atoms with van der Waals surface area (Å²) >= 11 is 0. The van der Waals surface area contributed by atoms with Gasteiger partial charge in [-0.2, -0.15) is 0 Å². The standard InChI is InChI=1S/C15H18O5/c1-7-4-9(16)6-14(3)10(7)5-11-8(2)12(17)20-15(11,19)13(14)18/h4,10,13,18-19H,5-6H2,1-3H3/t10-,13?,14-,15+/m0/s1. The molecule has 0 bridgehead atoms. The van der Waals surface area contributed by atoms with Crippen molar-refractivity contribution in [3.8, 4) is 0 Å². The van der Waals surface area contributed by atoms with Gasteiger partial charge in [-0.25, -0.2) is 4.79 Å². The Labute approximate surface area is 116 Å². The number of hydrogen-bond donors (Lipinski definition) is 2. The van der Waals surface area contributed by atoms with Crippen molar-refractivity contribution in [3.63, 3.8) is 0 Å². The number of ketones is 1. The van der Waals surface area contributed by atoms with Crippen LogP contribution >= 0.6 is 0 Å². The van der Waals surface area contributed by atoms with Gasteiger partial charge in [0.25, 0.3) is 5.79 Å². The average Bonchev–Trinajstić information content (AvgIpc) is 2.55. The zero-order chi connectivity index (χ0) is 14.9. The molecule has 108 valence electrons. The monoisotopic (exact) mass is 278 g/mol. The van der Waals surface area contributed by atoms with Gasteiger partial charge in [-0.05, 0) is 32.3 Å². The fourth-order valence-electron chi connectivity index (χ4n) is 3.95. The Kier molecular flexibility index (Phi) is 2.57. The lowest BCUT2D eigenvalue weighted by atomic mass is 9.56. The number of hydrogen-bond acceptors (Lipinski definition) is 5. The Morgan fingerprint density at radius 1 is 1.35 bits per heavy atom. The molecule has 5 nitrogen and oxygen atoms in total. The first-order chi connectivity index (χ1) is 9.20. The molecule has 0 aromatic heterocycles. The molecule has 0 aromatic carbocycles. The Balaban J connectivity index is 2.16. The van der Waals surface area contributed by atoms with Crippen LogP contribution in [0.3, 0.4) is 0 Å². The highest BCUT2D eigenvalue weighted by Crippen LogP contribution is 2.57. The minimum Gasteiger partial charge on any atom is -0.423 e. The maximum absolute atomic E-state index is 11.8. The first-order valence-corrected chi connectivity index (χ1v) is 6.75. The van der Waals surface area contributed by atoms with Gasteiger partial charge in [0, 0.05) is 23.0 Å². The predicted octanol–water partition coefficient (Wildman–Crippen LogP) is 0.854. The molecule has 0 spiro atoms. The number of esters is 1. The Hall–Kier alpha value is -1.46. The molecule has 0 radical (unpaired) electrons. The van der Waals surface area contributed by atoms with Crippen molar-refractivity contribution in [2.75, 3.05) is 0 Å². The Morgan fingerprint density at radius 2 is 2.00 bits per heavy atom. The summed E-state index contributed by atoms with van der Waals surface area (Å²) in [5.41, 5.74) is 0.862. The minimum absolute atomic E-state index is 0.0719. The summed E-state index contributed by atoms with van der Waals surface area (Å²) in [5, 5.41) is 21.2. The lowest BCUT2D eigenvalue weighted by molar-refractivity contribution is -0.255. The van der Waals surface area contributed by atoms with Crippen LogP contribution in [0.25, 0.3) is 0 Å². The minimum atomic E-state index is -1.98. The number of carbonyl (C=O) groups is 2. The predicted molar refractivity (Wildman–Crippen MR) is 69.3 cm³/mol. The number of fused-ring (bicyclic) bond motifs is 2. The SMILES string of the molecule is CC1=CC(=O)C[C@]2(C)C(O)[C@]3(O)OC(=O)C(C)=C3C[C@@H]12. The molecule has 0 amide bonds. The first kappa shape index (κ1) is 13.5. The molecule has 0 aromatic rings. The van der Waals surface area contributed by atoms with Gasteiger partial charge in [0.05, 0.1) is 0 Å². The van der Waals surface area contributed by atoms with Crippen molar-refractivity contribution >= 4 is 11.8 Å². The van der Waals surface area contributed by atoms with Crippen LogP contribution in [0.5, 0.6) is 0 Å². The molecule has 0 saturated heterocycles. The van der Waals surface area contributed by atoms with E-state index in [1.54, 1.807) is 19.9 Å². The van der Waals surface area contributed by atoms with E-state index < -0.39 is 23.3 Å². The third-order valence-corrected chi connectivity index (χ3v) is 5.13. The molecule has 1 aliphatic heterocycles. The quantitative estimate of drug-likeness (QED) is 0.642. The van der Waals surface area contributed by atoms with Crippen LogP contribution in [0.2, 0.25) is 0 Å². The Morgan fingerprint density at radius 3 is 2.65 bits per heavy atom. The summed E-state index contributed by atoms with van der Waals surface area (Å²) in [5.74, 6) is -2.73. The van der Waals surface area contributed by atoms with Gasteiger partial charge in [0.15, 0.2) is 5.78 Å².